The largest absolute Gasteiger partial charge is 0.491 e. The Morgan fingerprint density at radius 2 is 1.90 bits per heavy atom. The van der Waals surface area contributed by atoms with Crippen LogP contribution in [0.5, 0.6) is 0 Å². The van der Waals surface area contributed by atoms with Gasteiger partial charge in [0.15, 0.2) is 0 Å². The number of aliphatic hydroxyl groups is 1. The van der Waals surface area contributed by atoms with Crippen LogP contribution in [0.25, 0.3) is 0 Å². The first-order chi connectivity index (χ1) is 9.58. The van der Waals surface area contributed by atoms with E-state index in [0.29, 0.717) is 38.7 Å². The van der Waals surface area contributed by atoms with Crippen LogP contribution < -0.4 is 0 Å². The first kappa shape index (κ1) is 15.1. The molecule has 0 saturated carbocycles. The van der Waals surface area contributed by atoms with Crippen molar-refractivity contribution in [1.29, 1.82) is 0 Å². The molecule has 1 amide bonds. The van der Waals surface area contributed by atoms with Crippen LogP contribution in [0.1, 0.15) is 19.8 Å². The maximum absolute atomic E-state index is 12.4. The summed E-state index contributed by atoms with van der Waals surface area (Å²) in [5.41, 5.74) is -0.271. The lowest BCUT2D eigenvalue weighted by Crippen LogP contribution is -2.45. The van der Waals surface area contributed by atoms with Crippen LogP contribution in [0.4, 0.5) is 0 Å². The van der Waals surface area contributed by atoms with Gasteiger partial charge in [-0.15, -0.1) is 0 Å². The number of hydrogen-bond donors (Lipinski definition) is 1. The second kappa shape index (κ2) is 6.45. The Bertz CT molecular complexity index is 387. The predicted octanol–water partition coefficient (Wildman–Crippen LogP) is 0.512. The second-order valence-electron chi connectivity index (χ2n) is 5.51. The molecule has 0 unspecified atom stereocenters. The van der Waals surface area contributed by atoms with Gasteiger partial charge < -0.3 is 24.2 Å². The molecule has 0 radical (unpaired) electrons. The Balaban J connectivity index is 2.03. The quantitative estimate of drug-likeness (QED) is 0.815. The molecule has 0 spiro atoms. The fraction of sp³-hybridized carbons (Fsp3) is 0.786. The number of allylic oxidation sites excluding steroid dienone is 1. The van der Waals surface area contributed by atoms with Gasteiger partial charge in [0.1, 0.15) is 19.0 Å². The summed E-state index contributed by atoms with van der Waals surface area (Å²) in [4.78, 5) is 14.0. The van der Waals surface area contributed by atoms with Crippen molar-refractivity contribution in [3.8, 4) is 0 Å². The highest BCUT2D eigenvalue weighted by molar-refractivity contribution is 5.91. The molecule has 114 valence electrons. The van der Waals surface area contributed by atoms with Crippen molar-refractivity contribution in [2.45, 2.75) is 19.8 Å². The molecule has 0 aliphatic carbocycles. The molecule has 2 aliphatic heterocycles. The highest BCUT2D eigenvalue weighted by Crippen LogP contribution is 2.31. The van der Waals surface area contributed by atoms with Gasteiger partial charge in [0.2, 0.25) is 5.76 Å². The first-order valence-corrected chi connectivity index (χ1v) is 6.98. The Kier molecular flexibility index (Phi) is 4.88. The highest BCUT2D eigenvalue weighted by atomic mass is 16.6. The van der Waals surface area contributed by atoms with Gasteiger partial charge in [-0.3, -0.25) is 4.79 Å². The zero-order valence-corrected chi connectivity index (χ0v) is 12.2. The number of ether oxygens (including phenoxy) is 3. The van der Waals surface area contributed by atoms with Gasteiger partial charge >= 0.3 is 0 Å². The average molecular weight is 285 g/mol. The maximum atomic E-state index is 12.4. The molecule has 0 bridgehead atoms. The number of aliphatic hydroxyl groups excluding tert-OH is 1. The number of nitrogens with zero attached hydrogens (tertiary/aromatic N) is 1. The molecule has 0 atom stereocenters. The van der Waals surface area contributed by atoms with Crippen molar-refractivity contribution in [3.05, 3.63) is 11.5 Å². The fourth-order valence-electron chi connectivity index (χ4n) is 2.64. The van der Waals surface area contributed by atoms with E-state index in [4.69, 9.17) is 14.2 Å². The van der Waals surface area contributed by atoms with Gasteiger partial charge in [0.05, 0.1) is 6.61 Å². The number of hydrogen-bond acceptors (Lipinski definition) is 5. The van der Waals surface area contributed by atoms with Gasteiger partial charge in [-0.05, 0) is 19.8 Å². The van der Waals surface area contributed by atoms with Crippen molar-refractivity contribution < 1.29 is 24.1 Å². The predicted molar refractivity (Wildman–Crippen MR) is 71.8 cm³/mol. The number of amides is 1. The van der Waals surface area contributed by atoms with Crippen molar-refractivity contribution in [2.75, 3.05) is 46.6 Å². The Morgan fingerprint density at radius 1 is 1.25 bits per heavy atom. The highest BCUT2D eigenvalue weighted by Gasteiger charge is 2.35. The summed E-state index contributed by atoms with van der Waals surface area (Å²) in [6.07, 6.45) is 1.52. The van der Waals surface area contributed by atoms with Crippen LogP contribution >= 0.6 is 0 Å². The summed E-state index contributed by atoms with van der Waals surface area (Å²) in [5.74, 6) is 0.610. The summed E-state index contributed by atoms with van der Waals surface area (Å²) in [7, 11) is 1.73. The lowest BCUT2D eigenvalue weighted by molar-refractivity contribution is -0.134. The molecule has 6 heteroatoms. The van der Waals surface area contributed by atoms with Crippen molar-refractivity contribution in [2.24, 2.45) is 5.41 Å². The zero-order valence-electron chi connectivity index (χ0n) is 12.2. The molecule has 0 aromatic heterocycles. The van der Waals surface area contributed by atoms with Crippen LogP contribution in [0, 0.1) is 5.41 Å². The van der Waals surface area contributed by atoms with Gasteiger partial charge in [-0.25, -0.2) is 0 Å². The molecule has 1 fully saturated rings. The maximum Gasteiger partial charge on any atom is 0.292 e. The van der Waals surface area contributed by atoms with Gasteiger partial charge in [-0.1, -0.05) is 0 Å². The summed E-state index contributed by atoms with van der Waals surface area (Å²) in [5, 5.41) is 9.67. The third-order valence-corrected chi connectivity index (χ3v) is 3.97. The van der Waals surface area contributed by atoms with Crippen LogP contribution in [0.2, 0.25) is 0 Å². The number of likely N-dealkylation sites (N-methyl/N-ethyl adjacent to an activating group) is 1. The molecule has 20 heavy (non-hydrogen) atoms. The van der Waals surface area contributed by atoms with Crippen LogP contribution in [0.15, 0.2) is 11.5 Å². The molecular weight excluding hydrogens is 262 g/mol. The van der Waals surface area contributed by atoms with Crippen LogP contribution in [-0.4, -0.2) is 62.5 Å². The van der Waals surface area contributed by atoms with Crippen LogP contribution in [-0.2, 0) is 19.0 Å². The summed E-state index contributed by atoms with van der Waals surface area (Å²) >= 11 is 0. The minimum atomic E-state index is -0.271. The molecule has 1 saturated heterocycles. The minimum Gasteiger partial charge on any atom is -0.491 e. The molecule has 2 aliphatic rings. The van der Waals surface area contributed by atoms with E-state index in [0.717, 1.165) is 12.8 Å². The van der Waals surface area contributed by atoms with E-state index in [2.05, 4.69) is 0 Å². The van der Waals surface area contributed by atoms with E-state index in [1.54, 1.807) is 18.9 Å². The third-order valence-electron chi connectivity index (χ3n) is 3.97. The summed E-state index contributed by atoms with van der Waals surface area (Å²) in [6.45, 7) is 4.41. The minimum absolute atomic E-state index is 0.0589. The van der Waals surface area contributed by atoms with Gasteiger partial charge in [-0.2, -0.15) is 0 Å². The fourth-order valence-corrected chi connectivity index (χ4v) is 2.64. The van der Waals surface area contributed by atoms with Gasteiger partial charge in [0.25, 0.3) is 5.91 Å². The molecule has 2 heterocycles. The van der Waals surface area contributed by atoms with E-state index in [1.165, 1.54) is 0 Å². The molecular formula is C14H23NO5. The van der Waals surface area contributed by atoms with E-state index >= 15 is 0 Å². The smallest absolute Gasteiger partial charge is 0.292 e. The number of rotatable bonds is 4. The summed E-state index contributed by atoms with van der Waals surface area (Å²) in [6, 6.07) is 0. The summed E-state index contributed by atoms with van der Waals surface area (Å²) < 4.78 is 16.1. The molecule has 6 nitrogen and oxygen atoms in total. The lowest BCUT2D eigenvalue weighted by atomic mass is 9.80. The molecule has 0 aromatic carbocycles. The van der Waals surface area contributed by atoms with Crippen molar-refractivity contribution in [1.82, 2.24) is 4.90 Å². The molecule has 2 rings (SSSR count). The van der Waals surface area contributed by atoms with E-state index < -0.39 is 0 Å². The third kappa shape index (κ3) is 3.24. The van der Waals surface area contributed by atoms with Gasteiger partial charge in [0, 0.05) is 32.2 Å². The second-order valence-corrected chi connectivity index (χ2v) is 5.51. The normalized spacial score (nSPS) is 21.9. The Morgan fingerprint density at radius 3 is 2.50 bits per heavy atom. The average Bonchev–Trinajstić information content (AvgIpc) is 2.48. The number of carbonyl (C=O) groups excluding carboxylic acids is 1. The van der Waals surface area contributed by atoms with E-state index in [1.807, 2.05) is 0 Å². The monoisotopic (exact) mass is 285 g/mol. The van der Waals surface area contributed by atoms with Crippen molar-refractivity contribution in [3.63, 3.8) is 0 Å². The number of carbonyl (C=O) groups is 1. The Hall–Kier alpha value is -1.27. The Labute approximate surface area is 119 Å². The van der Waals surface area contributed by atoms with Crippen molar-refractivity contribution >= 4 is 5.91 Å². The first-order valence-electron chi connectivity index (χ1n) is 6.98. The topological polar surface area (TPSA) is 68.2 Å². The lowest BCUT2D eigenvalue weighted by Gasteiger charge is -2.38. The van der Waals surface area contributed by atoms with E-state index in [9.17, 15) is 9.90 Å². The van der Waals surface area contributed by atoms with Crippen LogP contribution in [0.3, 0.4) is 0 Å². The zero-order chi connectivity index (χ0) is 14.6. The SMILES string of the molecule is CC1=C(C(=O)N(C)CC2(CO)CCOCC2)OCCO1. The standard InChI is InChI=1S/C14H23NO5/c1-11-12(20-8-7-19-11)13(17)15(2)9-14(10-16)3-5-18-6-4-14/h16H,3-10H2,1-2H3. The molecule has 0 aromatic rings. The van der Waals surface area contributed by atoms with E-state index in [-0.39, 0.29) is 23.7 Å². The molecule has 1 N–H and O–H groups in total.